The van der Waals surface area contributed by atoms with Crippen molar-refractivity contribution in [2.45, 2.75) is 52.7 Å². The average molecular weight is 333 g/mol. The quantitative estimate of drug-likeness (QED) is 0.799. The van der Waals surface area contributed by atoms with Crippen LogP contribution < -0.4 is 10.1 Å². The molecule has 1 aromatic heterocycles. The first-order chi connectivity index (χ1) is 10.7. The van der Waals surface area contributed by atoms with Gasteiger partial charge in [-0.1, -0.05) is 25.4 Å². The Hall–Kier alpha value is -1.32. The van der Waals surface area contributed by atoms with Crippen LogP contribution in [0, 0.1) is 12.8 Å². The van der Waals surface area contributed by atoms with Crippen LogP contribution in [0.4, 0.5) is 0 Å². The number of halogens is 1. The van der Waals surface area contributed by atoms with Crippen molar-refractivity contribution in [3.63, 3.8) is 0 Å². The Bertz CT molecular complexity index is 740. The summed E-state index contributed by atoms with van der Waals surface area (Å²) in [6.07, 6.45) is 0.942. The second kappa shape index (κ2) is 5.95. The molecule has 0 fully saturated rings. The molecule has 2 aromatic rings. The molecule has 1 aromatic carbocycles. The fraction of sp³-hybridized carbons (Fsp3) is 0.526. The van der Waals surface area contributed by atoms with Gasteiger partial charge in [-0.15, -0.1) is 0 Å². The van der Waals surface area contributed by atoms with E-state index in [4.69, 9.17) is 16.3 Å². The van der Waals surface area contributed by atoms with Gasteiger partial charge in [-0.3, -0.25) is 0 Å². The monoisotopic (exact) mass is 332 g/mol. The molecule has 0 bridgehead atoms. The topological polar surface area (TPSA) is 34.1 Å². The molecule has 0 spiro atoms. The summed E-state index contributed by atoms with van der Waals surface area (Å²) >= 11 is 6.13. The van der Waals surface area contributed by atoms with Gasteiger partial charge in [0.2, 0.25) is 0 Å². The first-order valence-electron chi connectivity index (χ1n) is 8.28. The SMILES string of the molecule is Cc1cc(Cl)nc2cc3c(cc12)OC(C)(C)CC3NCC(C)C. The highest BCUT2D eigenvalue weighted by molar-refractivity contribution is 6.29. The minimum Gasteiger partial charge on any atom is -0.487 e. The zero-order valence-electron chi connectivity index (χ0n) is 14.5. The first-order valence-corrected chi connectivity index (χ1v) is 8.66. The number of rotatable bonds is 3. The Kier molecular flexibility index (Phi) is 4.28. The molecule has 0 saturated heterocycles. The van der Waals surface area contributed by atoms with Gasteiger partial charge in [0.15, 0.2) is 0 Å². The molecule has 3 nitrogen and oxygen atoms in total. The molecule has 1 aliphatic rings. The van der Waals surface area contributed by atoms with E-state index >= 15 is 0 Å². The molecule has 124 valence electrons. The van der Waals surface area contributed by atoms with Crippen molar-refractivity contribution in [3.8, 4) is 5.75 Å². The number of nitrogens with one attached hydrogen (secondary N) is 1. The summed E-state index contributed by atoms with van der Waals surface area (Å²) in [5.74, 6) is 1.57. The summed E-state index contributed by atoms with van der Waals surface area (Å²) in [5.41, 5.74) is 3.07. The summed E-state index contributed by atoms with van der Waals surface area (Å²) < 4.78 is 6.25. The second-order valence-corrected chi connectivity index (χ2v) is 7.98. The molecule has 1 atom stereocenters. The van der Waals surface area contributed by atoms with E-state index in [0.717, 1.165) is 35.2 Å². The number of pyridine rings is 1. The second-order valence-electron chi connectivity index (χ2n) is 7.59. The van der Waals surface area contributed by atoms with Crippen molar-refractivity contribution >= 4 is 22.5 Å². The molecule has 3 rings (SSSR count). The van der Waals surface area contributed by atoms with Gasteiger partial charge in [0.05, 0.1) is 5.52 Å². The molecular formula is C19H25ClN2O. The molecule has 4 heteroatoms. The molecular weight excluding hydrogens is 308 g/mol. The van der Waals surface area contributed by atoms with Crippen LogP contribution in [0.2, 0.25) is 5.15 Å². The maximum Gasteiger partial charge on any atom is 0.130 e. The van der Waals surface area contributed by atoms with E-state index in [0.29, 0.717) is 11.1 Å². The summed E-state index contributed by atoms with van der Waals surface area (Å²) in [5, 5.41) is 5.33. The fourth-order valence-electron chi connectivity index (χ4n) is 3.26. The Labute approximate surface area is 143 Å². The number of aryl methyl sites for hydroxylation is 1. The van der Waals surface area contributed by atoms with E-state index in [-0.39, 0.29) is 11.6 Å². The Morgan fingerprint density at radius 1 is 1.35 bits per heavy atom. The summed E-state index contributed by atoms with van der Waals surface area (Å²) in [6.45, 7) is 11.8. The van der Waals surface area contributed by atoms with E-state index in [9.17, 15) is 0 Å². The highest BCUT2D eigenvalue weighted by atomic mass is 35.5. The number of fused-ring (bicyclic) bond motifs is 2. The average Bonchev–Trinajstić information content (AvgIpc) is 2.42. The third-order valence-electron chi connectivity index (χ3n) is 4.35. The molecule has 1 aliphatic heterocycles. The number of nitrogens with zero attached hydrogens (tertiary/aromatic N) is 1. The molecule has 0 radical (unpaired) electrons. The first kappa shape index (κ1) is 16.5. The lowest BCUT2D eigenvalue weighted by molar-refractivity contribution is 0.0657. The van der Waals surface area contributed by atoms with Crippen LogP contribution in [0.5, 0.6) is 5.75 Å². The van der Waals surface area contributed by atoms with Crippen LogP contribution in [0.3, 0.4) is 0 Å². The standard InChI is InChI=1S/C19H25ClN2O/c1-11(2)10-21-16-9-19(4,5)23-17-8-13-12(3)6-18(20)22-15(13)7-14(16)17/h6-8,11,16,21H,9-10H2,1-5H3. The van der Waals surface area contributed by atoms with Crippen molar-refractivity contribution in [1.82, 2.24) is 10.3 Å². The van der Waals surface area contributed by atoms with Crippen LogP contribution in [0.15, 0.2) is 18.2 Å². The van der Waals surface area contributed by atoms with Gasteiger partial charge in [-0.2, -0.15) is 0 Å². The Balaban J connectivity index is 2.10. The zero-order chi connectivity index (χ0) is 16.8. The largest absolute Gasteiger partial charge is 0.487 e. The minimum atomic E-state index is -0.177. The zero-order valence-corrected chi connectivity index (χ0v) is 15.3. The van der Waals surface area contributed by atoms with Crippen LogP contribution in [0.25, 0.3) is 10.9 Å². The highest BCUT2D eigenvalue weighted by Crippen LogP contribution is 2.42. The van der Waals surface area contributed by atoms with Crippen molar-refractivity contribution in [2.24, 2.45) is 5.92 Å². The number of hydrogen-bond donors (Lipinski definition) is 1. The van der Waals surface area contributed by atoms with Gasteiger partial charge >= 0.3 is 0 Å². The van der Waals surface area contributed by atoms with E-state index in [1.165, 1.54) is 5.56 Å². The molecule has 0 amide bonds. The van der Waals surface area contributed by atoms with Gasteiger partial charge in [0, 0.05) is 23.4 Å². The number of hydrogen-bond acceptors (Lipinski definition) is 3. The third-order valence-corrected chi connectivity index (χ3v) is 4.54. The summed E-state index contributed by atoms with van der Waals surface area (Å²) in [7, 11) is 0. The number of ether oxygens (including phenoxy) is 1. The fourth-order valence-corrected chi connectivity index (χ4v) is 3.51. The van der Waals surface area contributed by atoms with Crippen LogP contribution in [-0.4, -0.2) is 17.1 Å². The van der Waals surface area contributed by atoms with Crippen molar-refractivity contribution in [3.05, 3.63) is 34.5 Å². The van der Waals surface area contributed by atoms with E-state index in [1.807, 2.05) is 6.07 Å². The lowest BCUT2D eigenvalue weighted by atomic mass is 9.88. The van der Waals surface area contributed by atoms with Crippen molar-refractivity contribution in [2.75, 3.05) is 6.54 Å². The Morgan fingerprint density at radius 3 is 2.78 bits per heavy atom. The van der Waals surface area contributed by atoms with Gasteiger partial charge < -0.3 is 10.1 Å². The molecule has 1 N–H and O–H groups in total. The van der Waals surface area contributed by atoms with E-state index in [2.05, 4.69) is 57.1 Å². The predicted octanol–water partition coefficient (Wildman–Crippen LogP) is 5.04. The third kappa shape index (κ3) is 3.46. The highest BCUT2D eigenvalue weighted by Gasteiger charge is 2.34. The van der Waals surface area contributed by atoms with E-state index < -0.39 is 0 Å². The predicted molar refractivity (Wildman–Crippen MR) is 96.4 cm³/mol. The van der Waals surface area contributed by atoms with Crippen LogP contribution in [-0.2, 0) is 0 Å². The molecule has 1 unspecified atom stereocenters. The smallest absolute Gasteiger partial charge is 0.130 e. The maximum absolute atomic E-state index is 6.25. The van der Waals surface area contributed by atoms with E-state index in [1.54, 1.807) is 0 Å². The van der Waals surface area contributed by atoms with Crippen LogP contribution in [0.1, 0.15) is 51.3 Å². The summed E-state index contributed by atoms with van der Waals surface area (Å²) in [4.78, 5) is 4.49. The Morgan fingerprint density at radius 2 is 2.09 bits per heavy atom. The lowest BCUT2D eigenvalue weighted by Crippen LogP contribution is -2.40. The van der Waals surface area contributed by atoms with Gasteiger partial charge in [-0.25, -0.2) is 4.98 Å². The van der Waals surface area contributed by atoms with Gasteiger partial charge in [-0.05, 0) is 57.0 Å². The van der Waals surface area contributed by atoms with Crippen LogP contribution >= 0.6 is 11.6 Å². The summed E-state index contributed by atoms with van der Waals surface area (Å²) in [6, 6.07) is 6.44. The number of aromatic nitrogens is 1. The number of benzene rings is 1. The van der Waals surface area contributed by atoms with Gasteiger partial charge in [0.1, 0.15) is 16.5 Å². The van der Waals surface area contributed by atoms with Gasteiger partial charge in [0.25, 0.3) is 0 Å². The molecule has 0 aliphatic carbocycles. The van der Waals surface area contributed by atoms with Crippen molar-refractivity contribution < 1.29 is 4.74 Å². The lowest BCUT2D eigenvalue weighted by Gasteiger charge is -2.38. The molecule has 0 saturated carbocycles. The van der Waals surface area contributed by atoms with Crippen molar-refractivity contribution in [1.29, 1.82) is 0 Å². The minimum absolute atomic E-state index is 0.177. The maximum atomic E-state index is 6.25. The molecule has 2 heterocycles. The molecule has 23 heavy (non-hydrogen) atoms. The normalized spacial score (nSPS) is 19.7.